The first-order valence-corrected chi connectivity index (χ1v) is 19.7. The molecule has 2 N–H and O–H groups in total. The molecule has 0 aliphatic carbocycles. The number of aromatic hydroxyl groups is 2. The van der Waals surface area contributed by atoms with Gasteiger partial charge in [0.05, 0.1) is 21.9 Å². The molecule has 48 heavy (non-hydrogen) atoms. The second kappa shape index (κ2) is 19.0. The van der Waals surface area contributed by atoms with Crippen LogP contribution in [0.15, 0.2) is 29.2 Å². The van der Waals surface area contributed by atoms with Gasteiger partial charge in [0.15, 0.2) is 0 Å². The summed E-state index contributed by atoms with van der Waals surface area (Å²) in [5.41, 5.74) is 6.23. The molecule has 0 spiro atoms. The summed E-state index contributed by atoms with van der Waals surface area (Å²) in [7, 11) is 5.90. The number of rotatable bonds is 14. The second-order valence-corrected chi connectivity index (χ2v) is 15.8. The molecule has 4 rings (SSSR count). The van der Waals surface area contributed by atoms with E-state index in [1.807, 2.05) is 44.3 Å². The zero-order chi connectivity index (χ0) is 35.5. The van der Waals surface area contributed by atoms with Crippen LogP contribution in [0.4, 0.5) is 0 Å². The van der Waals surface area contributed by atoms with Gasteiger partial charge in [0, 0.05) is 20.1 Å². The van der Waals surface area contributed by atoms with E-state index in [1.54, 1.807) is 28.4 Å². The standard InChI is InChI=1S/C20H30N2O2S.C19H29NO2S/c1-5-7-16-11-15(12-17(8-6-2)19(16)23)13-18-20(24)22(14-25-18)10-9-21(3)4;1-6-12(3)15-8-14(9-16(18(15)21)13(4)7-2)10-17-19(22)20(5)11-23-17/h11-13,23H,5-10,14H2,1-4H3;8-9,12-13,17,21H,6-7,10-11H2,1-5H3. The Morgan fingerprint density at radius 3 is 1.92 bits per heavy atom. The van der Waals surface area contributed by atoms with Gasteiger partial charge in [-0.2, -0.15) is 0 Å². The van der Waals surface area contributed by atoms with Gasteiger partial charge in [-0.15, -0.1) is 11.8 Å². The van der Waals surface area contributed by atoms with Crippen LogP contribution in [0.25, 0.3) is 6.08 Å². The molecule has 2 saturated heterocycles. The maximum absolute atomic E-state index is 12.6. The highest BCUT2D eigenvalue weighted by atomic mass is 32.2. The summed E-state index contributed by atoms with van der Waals surface area (Å²) in [4.78, 5) is 31.3. The van der Waals surface area contributed by atoms with Crippen molar-refractivity contribution in [1.82, 2.24) is 14.7 Å². The highest BCUT2D eigenvalue weighted by Gasteiger charge is 2.31. The fourth-order valence-electron chi connectivity index (χ4n) is 5.95. The number of carbonyl (C=O) groups is 2. The highest BCUT2D eigenvalue weighted by Crippen LogP contribution is 2.38. The number of hydrogen-bond donors (Lipinski definition) is 2. The molecule has 2 amide bonds. The van der Waals surface area contributed by atoms with Crippen LogP contribution in [0.3, 0.4) is 0 Å². The van der Waals surface area contributed by atoms with Crippen LogP contribution < -0.4 is 0 Å². The van der Waals surface area contributed by atoms with Crippen LogP contribution in [0.5, 0.6) is 11.5 Å². The van der Waals surface area contributed by atoms with Gasteiger partial charge in [-0.1, -0.05) is 78.3 Å². The number of hydrogen-bond acceptors (Lipinski definition) is 7. The molecular formula is C39H59N3O4S2. The maximum Gasteiger partial charge on any atom is 0.261 e. The Morgan fingerprint density at radius 1 is 0.896 bits per heavy atom. The third-order valence-electron chi connectivity index (χ3n) is 9.37. The molecule has 2 aliphatic heterocycles. The average Bonchev–Trinajstić information content (AvgIpc) is 3.57. The maximum atomic E-state index is 12.6. The van der Waals surface area contributed by atoms with Crippen LogP contribution >= 0.6 is 23.5 Å². The lowest BCUT2D eigenvalue weighted by atomic mass is 9.87. The van der Waals surface area contributed by atoms with Crippen molar-refractivity contribution in [3.05, 3.63) is 62.6 Å². The van der Waals surface area contributed by atoms with Crippen LogP contribution in [-0.2, 0) is 28.9 Å². The summed E-state index contributed by atoms with van der Waals surface area (Å²) in [5, 5.41) is 21.2. The number of benzene rings is 2. The predicted molar refractivity (Wildman–Crippen MR) is 205 cm³/mol. The molecule has 2 aromatic rings. The molecule has 0 bridgehead atoms. The minimum Gasteiger partial charge on any atom is -0.507 e. The molecule has 0 aromatic heterocycles. The lowest BCUT2D eigenvalue weighted by Crippen LogP contribution is -2.32. The van der Waals surface area contributed by atoms with E-state index in [1.165, 1.54) is 5.56 Å². The van der Waals surface area contributed by atoms with Crippen molar-refractivity contribution in [2.45, 2.75) is 104 Å². The molecule has 2 aliphatic rings. The van der Waals surface area contributed by atoms with E-state index >= 15 is 0 Å². The third-order valence-corrected chi connectivity index (χ3v) is 11.7. The summed E-state index contributed by atoms with van der Waals surface area (Å²) >= 11 is 3.32. The van der Waals surface area contributed by atoms with Gasteiger partial charge in [-0.05, 0) is 110 Å². The van der Waals surface area contributed by atoms with E-state index in [4.69, 9.17) is 0 Å². The molecule has 0 saturated carbocycles. The van der Waals surface area contributed by atoms with Crippen molar-refractivity contribution in [3.8, 4) is 11.5 Å². The van der Waals surface area contributed by atoms with Crippen molar-refractivity contribution < 1.29 is 19.8 Å². The Balaban J connectivity index is 0.000000261. The van der Waals surface area contributed by atoms with Crippen LogP contribution in [0.1, 0.15) is 112 Å². The van der Waals surface area contributed by atoms with E-state index in [9.17, 15) is 19.8 Å². The Bertz CT molecular complexity index is 1370. The quantitative estimate of drug-likeness (QED) is 0.193. The molecule has 3 unspecified atom stereocenters. The van der Waals surface area contributed by atoms with Gasteiger partial charge in [0.2, 0.25) is 5.91 Å². The van der Waals surface area contributed by atoms with Crippen molar-refractivity contribution >= 4 is 41.4 Å². The fourth-order valence-corrected chi connectivity index (χ4v) is 8.13. The van der Waals surface area contributed by atoms with Crippen molar-refractivity contribution in [3.63, 3.8) is 0 Å². The van der Waals surface area contributed by atoms with Gasteiger partial charge < -0.3 is 24.9 Å². The SMILES string of the molecule is CCC(C)c1cc(CC2SCN(C)C2=O)cc(C(C)CC)c1O.CCCc1cc(C=C2SCN(CCN(C)C)C2=O)cc(CCC)c1O. The minimum absolute atomic E-state index is 0.0131. The lowest BCUT2D eigenvalue weighted by Gasteiger charge is -2.20. The molecule has 3 atom stereocenters. The third kappa shape index (κ3) is 10.4. The number of phenols is 2. The van der Waals surface area contributed by atoms with Crippen molar-refractivity contribution in [2.24, 2.45) is 0 Å². The largest absolute Gasteiger partial charge is 0.507 e. The highest BCUT2D eigenvalue weighted by molar-refractivity contribution is 8.04. The zero-order valence-electron chi connectivity index (χ0n) is 30.8. The summed E-state index contributed by atoms with van der Waals surface area (Å²) in [6.45, 7) is 14.5. The summed E-state index contributed by atoms with van der Waals surface area (Å²) < 4.78 is 0. The Kier molecular flexibility index (Phi) is 15.7. The first-order chi connectivity index (χ1) is 22.8. The fraction of sp³-hybridized carbons (Fsp3) is 0.590. The zero-order valence-corrected chi connectivity index (χ0v) is 32.4. The van der Waals surface area contributed by atoms with Gasteiger partial charge >= 0.3 is 0 Å². The van der Waals surface area contributed by atoms with E-state index in [0.717, 1.165) is 103 Å². The van der Waals surface area contributed by atoms with E-state index in [-0.39, 0.29) is 17.1 Å². The van der Waals surface area contributed by atoms with Gasteiger partial charge in [-0.25, -0.2) is 0 Å². The van der Waals surface area contributed by atoms with Crippen LogP contribution in [0, 0.1) is 0 Å². The summed E-state index contributed by atoms with van der Waals surface area (Å²) in [6.07, 6.45) is 8.43. The first kappa shape index (κ1) is 39.8. The number of likely N-dealkylation sites (N-methyl/N-ethyl adjacent to an activating group) is 1. The van der Waals surface area contributed by atoms with Gasteiger partial charge in [-0.3, -0.25) is 9.59 Å². The topological polar surface area (TPSA) is 84.3 Å². The Morgan fingerprint density at radius 2 is 1.46 bits per heavy atom. The molecule has 266 valence electrons. The van der Waals surface area contributed by atoms with Crippen molar-refractivity contribution in [2.75, 3.05) is 46.0 Å². The monoisotopic (exact) mass is 697 g/mol. The van der Waals surface area contributed by atoms with E-state index in [2.05, 4.69) is 58.6 Å². The number of thioether (sulfide) groups is 2. The number of aryl methyl sites for hydroxylation is 2. The number of amides is 2. The molecule has 0 radical (unpaired) electrons. The van der Waals surface area contributed by atoms with Crippen LogP contribution in [-0.4, -0.2) is 88.0 Å². The smallest absolute Gasteiger partial charge is 0.261 e. The normalized spacial score (nSPS) is 18.5. The average molecular weight is 698 g/mol. The Hall–Kier alpha value is -2.62. The summed E-state index contributed by atoms with van der Waals surface area (Å²) in [6, 6.07) is 8.28. The second-order valence-electron chi connectivity index (χ2n) is 13.6. The Labute approximate surface area is 298 Å². The molecule has 9 heteroatoms. The number of nitrogens with zero attached hydrogens (tertiary/aromatic N) is 3. The first-order valence-electron chi connectivity index (χ1n) is 17.7. The number of phenolic OH excluding ortho intramolecular Hbond substituents is 2. The molecule has 2 fully saturated rings. The van der Waals surface area contributed by atoms with Gasteiger partial charge in [0.1, 0.15) is 11.5 Å². The lowest BCUT2D eigenvalue weighted by molar-refractivity contribution is -0.127. The van der Waals surface area contributed by atoms with Gasteiger partial charge in [0.25, 0.3) is 5.91 Å². The van der Waals surface area contributed by atoms with Crippen LogP contribution in [0.2, 0.25) is 0 Å². The van der Waals surface area contributed by atoms with Crippen molar-refractivity contribution in [1.29, 1.82) is 0 Å². The molecule has 2 aromatic carbocycles. The molecular weight excluding hydrogens is 639 g/mol. The molecule has 2 heterocycles. The molecule has 7 nitrogen and oxygen atoms in total. The van der Waals surface area contributed by atoms with E-state index < -0.39 is 0 Å². The number of carbonyl (C=O) groups excluding carboxylic acids is 2. The minimum atomic E-state index is 0.0131. The van der Waals surface area contributed by atoms with E-state index in [0.29, 0.717) is 23.3 Å². The predicted octanol–water partition coefficient (Wildman–Crippen LogP) is 8.23. The summed E-state index contributed by atoms with van der Waals surface area (Å²) in [5.74, 6) is 3.38.